The highest BCUT2D eigenvalue weighted by atomic mass is 15.1. The lowest BCUT2D eigenvalue weighted by Crippen LogP contribution is -2.29. The van der Waals surface area contributed by atoms with Crippen LogP contribution in [-0.2, 0) is 0 Å². The molecule has 0 aromatic carbocycles. The van der Waals surface area contributed by atoms with Crippen LogP contribution in [0.2, 0.25) is 0 Å². The van der Waals surface area contributed by atoms with Gasteiger partial charge in [0, 0.05) is 11.5 Å². The van der Waals surface area contributed by atoms with Crippen molar-refractivity contribution in [3.63, 3.8) is 0 Å². The van der Waals surface area contributed by atoms with E-state index in [4.69, 9.17) is 5.53 Å². The van der Waals surface area contributed by atoms with E-state index in [2.05, 4.69) is 42.6 Å². The minimum atomic E-state index is 0.621. The molecular weight excluding hydrogens is 212 g/mol. The van der Waals surface area contributed by atoms with Gasteiger partial charge in [0.2, 0.25) is 0 Å². The molecule has 0 aromatic rings. The van der Waals surface area contributed by atoms with Crippen LogP contribution in [0.4, 0.5) is 0 Å². The average Bonchev–Trinajstić information content (AvgIpc) is 2.26. The summed E-state index contributed by atoms with van der Waals surface area (Å²) in [5, 5.41) is 3.59. The fourth-order valence-corrected chi connectivity index (χ4v) is 1.63. The highest BCUT2D eigenvalue weighted by Gasteiger charge is 2.06. The van der Waals surface area contributed by atoms with Gasteiger partial charge in [-0.2, -0.15) is 0 Å². The van der Waals surface area contributed by atoms with Crippen LogP contribution >= 0.6 is 0 Å². The quantitative estimate of drug-likeness (QED) is 0.246. The fraction of sp³-hybridized carbons (Fsp3) is 1.00. The highest BCUT2D eigenvalue weighted by Crippen LogP contribution is 2.07. The van der Waals surface area contributed by atoms with E-state index < -0.39 is 0 Å². The normalized spacial score (nSPS) is 11.2. The summed E-state index contributed by atoms with van der Waals surface area (Å²) in [6.07, 6.45) is 3.47. The molecule has 0 aliphatic carbocycles. The molecule has 0 aliphatic heterocycles. The van der Waals surface area contributed by atoms with Gasteiger partial charge in [-0.15, -0.1) is 0 Å². The molecule has 0 unspecified atom stereocenters. The van der Waals surface area contributed by atoms with Crippen molar-refractivity contribution in [2.75, 3.05) is 26.2 Å². The lowest BCUT2D eigenvalue weighted by molar-refractivity contribution is 0.242. The molecule has 100 valence electrons. The summed E-state index contributed by atoms with van der Waals surface area (Å²) in [4.78, 5) is 5.29. The van der Waals surface area contributed by atoms with Crippen LogP contribution in [0, 0.1) is 11.8 Å². The molecular formula is C13H28N4. The van der Waals surface area contributed by atoms with Crippen molar-refractivity contribution in [2.24, 2.45) is 17.0 Å². The van der Waals surface area contributed by atoms with Crippen LogP contribution in [0.25, 0.3) is 10.4 Å². The van der Waals surface area contributed by atoms with Crippen molar-refractivity contribution in [3.05, 3.63) is 10.4 Å². The van der Waals surface area contributed by atoms with Crippen LogP contribution in [0.15, 0.2) is 5.11 Å². The maximum Gasteiger partial charge on any atom is 0.0270 e. The predicted octanol–water partition coefficient (Wildman–Crippen LogP) is 4.08. The Bertz CT molecular complexity index is 207. The van der Waals surface area contributed by atoms with Crippen LogP contribution in [0.3, 0.4) is 0 Å². The minimum absolute atomic E-state index is 0.621. The zero-order valence-electron chi connectivity index (χ0n) is 11.9. The van der Waals surface area contributed by atoms with Gasteiger partial charge in [0.15, 0.2) is 0 Å². The van der Waals surface area contributed by atoms with E-state index in [1.165, 1.54) is 25.9 Å². The number of nitrogens with zero attached hydrogens (tertiary/aromatic N) is 4. The first-order valence-electron chi connectivity index (χ1n) is 6.79. The molecule has 0 aliphatic rings. The molecule has 0 atom stereocenters. The smallest absolute Gasteiger partial charge is 0.0270 e. The SMILES string of the molecule is CC(C)CCN(CCCN=[N+]=[N-])CCC(C)C. The molecule has 0 amide bonds. The second-order valence-electron chi connectivity index (χ2n) is 5.51. The van der Waals surface area contributed by atoms with Gasteiger partial charge in [-0.25, -0.2) is 0 Å². The van der Waals surface area contributed by atoms with E-state index >= 15 is 0 Å². The van der Waals surface area contributed by atoms with E-state index in [0.29, 0.717) is 6.54 Å². The Hall–Kier alpha value is -0.730. The lowest BCUT2D eigenvalue weighted by atomic mass is 10.1. The summed E-state index contributed by atoms with van der Waals surface area (Å²) in [5.74, 6) is 1.52. The summed E-state index contributed by atoms with van der Waals surface area (Å²) >= 11 is 0. The lowest BCUT2D eigenvalue weighted by Gasteiger charge is -2.23. The van der Waals surface area contributed by atoms with E-state index in [-0.39, 0.29) is 0 Å². The largest absolute Gasteiger partial charge is 0.303 e. The first-order chi connectivity index (χ1) is 8.06. The van der Waals surface area contributed by atoms with Gasteiger partial charge in [-0.1, -0.05) is 32.8 Å². The van der Waals surface area contributed by atoms with Crippen molar-refractivity contribution < 1.29 is 0 Å². The second kappa shape index (κ2) is 10.4. The molecule has 0 aromatic heterocycles. The molecule has 0 radical (unpaired) electrons. The van der Waals surface area contributed by atoms with E-state index in [1.807, 2.05) is 0 Å². The van der Waals surface area contributed by atoms with Crippen molar-refractivity contribution >= 4 is 0 Å². The molecule has 4 heteroatoms. The molecule has 0 bridgehead atoms. The number of rotatable bonds is 10. The van der Waals surface area contributed by atoms with Gasteiger partial charge >= 0.3 is 0 Å². The fourth-order valence-electron chi connectivity index (χ4n) is 1.63. The van der Waals surface area contributed by atoms with E-state index in [9.17, 15) is 0 Å². The zero-order chi connectivity index (χ0) is 13.1. The Morgan fingerprint density at radius 2 is 1.53 bits per heavy atom. The number of hydrogen-bond donors (Lipinski definition) is 0. The third-order valence-corrected chi connectivity index (χ3v) is 2.84. The predicted molar refractivity (Wildman–Crippen MR) is 74.0 cm³/mol. The maximum absolute atomic E-state index is 8.23. The molecule has 4 nitrogen and oxygen atoms in total. The standard InChI is InChI=1S/C13H28N4/c1-12(2)6-10-17(11-7-13(3)4)9-5-8-15-16-14/h12-13H,5-11H2,1-4H3. The van der Waals surface area contributed by atoms with Crippen molar-refractivity contribution in [2.45, 2.75) is 47.0 Å². The summed E-state index contributed by atoms with van der Waals surface area (Å²) < 4.78 is 0. The highest BCUT2D eigenvalue weighted by molar-refractivity contribution is 4.62. The second-order valence-corrected chi connectivity index (χ2v) is 5.51. The van der Waals surface area contributed by atoms with E-state index in [0.717, 1.165) is 24.8 Å². The Morgan fingerprint density at radius 1 is 1.00 bits per heavy atom. The van der Waals surface area contributed by atoms with Gasteiger partial charge in [0.1, 0.15) is 0 Å². The molecule has 0 spiro atoms. The third kappa shape index (κ3) is 11.5. The average molecular weight is 240 g/mol. The monoisotopic (exact) mass is 240 g/mol. The van der Waals surface area contributed by atoms with Gasteiger partial charge in [0.25, 0.3) is 0 Å². The van der Waals surface area contributed by atoms with Gasteiger partial charge in [0.05, 0.1) is 0 Å². The molecule has 0 N–H and O–H groups in total. The third-order valence-electron chi connectivity index (χ3n) is 2.84. The van der Waals surface area contributed by atoms with Crippen molar-refractivity contribution in [3.8, 4) is 0 Å². The summed E-state index contributed by atoms with van der Waals surface area (Å²) in [5.41, 5.74) is 8.23. The maximum atomic E-state index is 8.23. The Kier molecular flexibility index (Phi) is 9.98. The first kappa shape index (κ1) is 16.3. The molecule has 0 fully saturated rings. The molecule has 17 heavy (non-hydrogen) atoms. The van der Waals surface area contributed by atoms with Crippen LogP contribution in [0.1, 0.15) is 47.0 Å². The minimum Gasteiger partial charge on any atom is -0.303 e. The van der Waals surface area contributed by atoms with Crippen molar-refractivity contribution in [1.29, 1.82) is 0 Å². The van der Waals surface area contributed by atoms with Gasteiger partial charge in [-0.05, 0) is 56.3 Å². The Balaban J connectivity index is 3.87. The summed E-state index contributed by atoms with van der Waals surface area (Å²) in [7, 11) is 0. The van der Waals surface area contributed by atoms with Gasteiger partial charge in [-0.3, -0.25) is 0 Å². The van der Waals surface area contributed by atoms with Crippen molar-refractivity contribution in [1.82, 2.24) is 4.90 Å². The first-order valence-corrected chi connectivity index (χ1v) is 6.79. The van der Waals surface area contributed by atoms with Crippen LogP contribution in [0.5, 0.6) is 0 Å². The zero-order valence-corrected chi connectivity index (χ0v) is 11.9. The van der Waals surface area contributed by atoms with Gasteiger partial charge < -0.3 is 4.90 Å². The molecule has 0 saturated heterocycles. The summed E-state index contributed by atoms with van der Waals surface area (Å²) in [6, 6.07) is 0. The summed E-state index contributed by atoms with van der Waals surface area (Å²) in [6.45, 7) is 13.1. The Labute approximate surface area is 106 Å². The van der Waals surface area contributed by atoms with E-state index in [1.54, 1.807) is 0 Å². The topological polar surface area (TPSA) is 52.0 Å². The Morgan fingerprint density at radius 3 is 1.94 bits per heavy atom. The molecule has 0 heterocycles. The number of hydrogen-bond acceptors (Lipinski definition) is 2. The molecule has 0 saturated carbocycles. The van der Waals surface area contributed by atoms with Crippen LogP contribution < -0.4 is 0 Å². The number of azide groups is 1. The molecule has 0 rings (SSSR count). The van der Waals surface area contributed by atoms with Crippen LogP contribution in [-0.4, -0.2) is 31.1 Å².